The van der Waals surface area contributed by atoms with E-state index in [0.29, 0.717) is 0 Å². The molecule has 2 unspecified atom stereocenters. The molecule has 2 aliphatic carbocycles. The van der Waals surface area contributed by atoms with Crippen molar-refractivity contribution in [2.75, 3.05) is 17.4 Å². The van der Waals surface area contributed by atoms with E-state index < -0.39 is 10.0 Å². The Morgan fingerprint density at radius 2 is 0.930 bits per heavy atom. The summed E-state index contributed by atoms with van der Waals surface area (Å²) in [5.41, 5.74) is 19.3. The number of benzene rings is 10. The van der Waals surface area contributed by atoms with Gasteiger partial charge in [0.2, 0.25) is 0 Å². The quantitative estimate of drug-likeness (QED) is 0.137. The second-order valence-corrected chi connectivity index (χ2v) is 23.1. The lowest BCUT2D eigenvalue weighted by Crippen LogP contribution is -2.23. The third-order valence-corrected chi connectivity index (χ3v) is 18.1. The van der Waals surface area contributed by atoms with Crippen LogP contribution < -0.4 is 14.4 Å². The Morgan fingerprint density at radius 1 is 0.408 bits per heavy atom. The zero-order chi connectivity index (χ0) is 47.2. The topological polar surface area (TPSA) is 26.6 Å². The lowest BCUT2D eigenvalue weighted by atomic mass is 9.85. The van der Waals surface area contributed by atoms with Crippen molar-refractivity contribution in [2.24, 2.45) is 0 Å². The first-order valence-corrected chi connectivity index (χ1v) is 27.1. The van der Waals surface area contributed by atoms with Gasteiger partial charge in [-0.25, -0.2) is 0 Å². The minimum atomic E-state index is -1.19. The molecule has 2 heterocycles. The summed E-state index contributed by atoms with van der Waals surface area (Å²) in [6.07, 6.45) is 6.69. The first-order chi connectivity index (χ1) is 34.9. The number of para-hydroxylation sites is 1. The molecule has 10 aromatic carbocycles. The summed E-state index contributed by atoms with van der Waals surface area (Å²) in [6.45, 7) is 0. The van der Waals surface area contributed by atoms with Crippen molar-refractivity contribution in [2.45, 2.75) is 34.8 Å². The Labute approximate surface area is 416 Å². The number of anilines is 3. The molecule has 3 aliphatic rings. The van der Waals surface area contributed by atoms with E-state index in [0.717, 1.165) is 63.7 Å². The summed E-state index contributed by atoms with van der Waals surface area (Å²) in [7, 11) is -1.19. The molecule has 0 saturated heterocycles. The monoisotopic (exact) mass is 934 g/mol. The van der Waals surface area contributed by atoms with Crippen molar-refractivity contribution in [3.63, 3.8) is 0 Å². The number of rotatable bonds is 10. The molecular formula is C66H50N2O2S. The van der Waals surface area contributed by atoms with Crippen LogP contribution in [0, 0.1) is 0 Å². The molecule has 1 aromatic heterocycles. The van der Waals surface area contributed by atoms with E-state index in [2.05, 4.69) is 253 Å². The van der Waals surface area contributed by atoms with Crippen LogP contribution in [0.15, 0.2) is 240 Å². The minimum absolute atomic E-state index is 0.0116. The van der Waals surface area contributed by atoms with E-state index in [-0.39, 0.29) is 12.2 Å². The third-order valence-electron chi connectivity index (χ3n) is 15.2. The molecule has 14 rings (SSSR count). The Morgan fingerprint density at radius 3 is 1.61 bits per heavy atom. The molecule has 342 valence electrons. The molecule has 0 radical (unpaired) electrons. The van der Waals surface area contributed by atoms with Gasteiger partial charge in [-0.05, 0) is 129 Å². The molecular weight excluding hydrogens is 885 g/mol. The fraction of sp³-hybridized carbons (Fsp3) is 0.0909. The lowest BCUT2D eigenvalue weighted by Gasteiger charge is -2.32. The number of nitrogens with zero attached hydrogens (tertiary/aromatic N) is 2. The van der Waals surface area contributed by atoms with Crippen molar-refractivity contribution in [3.8, 4) is 50.6 Å². The number of hydrogen-bond donors (Lipinski definition) is 0. The van der Waals surface area contributed by atoms with E-state index in [9.17, 15) is 0 Å². The van der Waals surface area contributed by atoms with Gasteiger partial charge in [0.1, 0.15) is 23.7 Å². The highest BCUT2D eigenvalue weighted by atomic mass is 32.3. The van der Waals surface area contributed by atoms with E-state index in [4.69, 9.17) is 9.47 Å². The number of aromatic nitrogens is 1. The second-order valence-electron chi connectivity index (χ2n) is 19.6. The van der Waals surface area contributed by atoms with Crippen LogP contribution in [0.5, 0.6) is 11.5 Å². The predicted molar refractivity (Wildman–Crippen MR) is 295 cm³/mol. The normalized spacial score (nSPS) is 16.2. The van der Waals surface area contributed by atoms with E-state index in [1.54, 1.807) is 0 Å². The summed E-state index contributed by atoms with van der Waals surface area (Å²) in [6, 6.07) is 84.1. The molecule has 0 spiro atoms. The summed E-state index contributed by atoms with van der Waals surface area (Å²) < 4.78 is 16.0. The zero-order valence-corrected chi connectivity index (χ0v) is 40.4. The standard InChI is InChI=1S/C66H50N2O2S/c1-71(2)65-23-13-11-21-58(65)59-34-33-51(41-66(59)71)67(49-29-24-44(25-30-49)43-14-4-3-5-15-43)50-31-26-45(27-32-50)46-28-35-62-60(36-46)57-20-10-12-22-61(57)68(62)52-39-53(69-63-37-47-16-6-8-18-55(47)63)42-54(40-52)70-64-38-48-17-7-9-19-56(48)64/h3-36,39-42,63-64H,37-38H2,1-2H3. The van der Waals surface area contributed by atoms with Crippen molar-refractivity contribution in [1.82, 2.24) is 4.57 Å². The van der Waals surface area contributed by atoms with Crippen LogP contribution in [0.25, 0.3) is 60.9 Å². The highest BCUT2D eigenvalue weighted by molar-refractivity contribution is 8.33. The SMILES string of the molecule is CS1(C)c2ccccc2-c2ccc(N(c3ccc(-c4ccccc4)cc3)c3ccc(-c4ccc5c(c4)c4ccccc4n5-c4cc(OC5Cc6ccccc65)cc(OC5Cc6ccccc65)c4)cc3)cc21. The highest BCUT2D eigenvalue weighted by Gasteiger charge is 2.33. The number of ether oxygens (including phenoxy) is 2. The Hall–Kier alpha value is -8.25. The zero-order valence-electron chi connectivity index (χ0n) is 39.6. The largest absolute Gasteiger partial charge is 0.485 e. The predicted octanol–water partition coefficient (Wildman–Crippen LogP) is 17.4. The van der Waals surface area contributed by atoms with Crippen LogP contribution in [0.1, 0.15) is 34.5 Å². The maximum absolute atomic E-state index is 6.81. The Kier molecular flexibility index (Phi) is 9.65. The van der Waals surface area contributed by atoms with Crippen LogP contribution in [-0.2, 0) is 12.8 Å². The first kappa shape index (κ1) is 41.7. The van der Waals surface area contributed by atoms with Crippen LogP contribution in [0.2, 0.25) is 0 Å². The smallest absolute Gasteiger partial charge is 0.128 e. The van der Waals surface area contributed by atoms with Crippen molar-refractivity contribution in [1.29, 1.82) is 0 Å². The molecule has 4 nitrogen and oxygen atoms in total. The van der Waals surface area contributed by atoms with Gasteiger partial charge < -0.3 is 18.9 Å². The fourth-order valence-corrected chi connectivity index (χ4v) is 14.0. The summed E-state index contributed by atoms with van der Waals surface area (Å²) in [4.78, 5) is 5.31. The average Bonchev–Trinajstić information content (AvgIpc) is 3.85. The molecule has 0 bridgehead atoms. The van der Waals surface area contributed by atoms with Gasteiger partial charge >= 0.3 is 0 Å². The summed E-state index contributed by atoms with van der Waals surface area (Å²) in [5, 5.41) is 2.39. The maximum atomic E-state index is 6.81. The summed E-state index contributed by atoms with van der Waals surface area (Å²) in [5.74, 6) is 1.62. The summed E-state index contributed by atoms with van der Waals surface area (Å²) >= 11 is 0. The van der Waals surface area contributed by atoms with Crippen molar-refractivity contribution in [3.05, 3.63) is 253 Å². The van der Waals surface area contributed by atoms with Gasteiger partial charge in [-0.1, -0.05) is 152 Å². The maximum Gasteiger partial charge on any atom is 0.128 e. The lowest BCUT2D eigenvalue weighted by molar-refractivity contribution is 0.170. The van der Waals surface area contributed by atoms with Gasteiger partial charge in [0, 0.05) is 68.7 Å². The molecule has 0 saturated carbocycles. The van der Waals surface area contributed by atoms with Gasteiger partial charge in [0.25, 0.3) is 0 Å². The van der Waals surface area contributed by atoms with E-state index in [1.165, 1.54) is 70.6 Å². The van der Waals surface area contributed by atoms with Crippen molar-refractivity contribution < 1.29 is 9.47 Å². The molecule has 71 heavy (non-hydrogen) atoms. The molecule has 0 amide bonds. The Balaban J connectivity index is 0.836. The minimum Gasteiger partial charge on any atom is -0.485 e. The van der Waals surface area contributed by atoms with Gasteiger partial charge in [0.05, 0.1) is 16.7 Å². The molecule has 1 aliphatic heterocycles. The first-order valence-electron chi connectivity index (χ1n) is 24.6. The van der Waals surface area contributed by atoms with Crippen LogP contribution in [-0.4, -0.2) is 17.1 Å². The van der Waals surface area contributed by atoms with Gasteiger partial charge in [-0.2, -0.15) is 10.0 Å². The van der Waals surface area contributed by atoms with E-state index >= 15 is 0 Å². The average molecular weight is 935 g/mol. The van der Waals surface area contributed by atoms with Gasteiger partial charge in [-0.3, -0.25) is 0 Å². The molecule has 11 aromatic rings. The number of hydrogen-bond acceptors (Lipinski definition) is 3. The highest BCUT2D eigenvalue weighted by Crippen LogP contribution is 2.67. The van der Waals surface area contributed by atoms with E-state index in [1.807, 2.05) is 0 Å². The fourth-order valence-electron chi connectivity index (χ4n) is 11.4. The molecule has 2 atom stereocenters. The molecule has 0 N–H and O–H groups in total. The van der Waals surface area contributed by atoms with Crippen LogP contribution >= 0.6 is 10.0 Å². The van der Waals surface area contributed by atoms with Gasteiger partial charge in [-0.15, -0.1) is 0 Å². The van der Waals surface area contributed by atoms with Crippen molar-refractivity contribution >= 4 is 48.9 Å². The third kappa shape index (κ3) is 6.98. The molecule has 0 fully saturated rings. The van der Waals surface area contributed by atoms with Crippen LogP contribution in [0.3, 0.4) is 0 Å². The number of fused-ring (bicyclic) bond motifs is 8. The Bertz CT molecular complexity index is 3800. The van der Waals surface area contributed by atoms with Gasteiger partial charge in [0.15, 0.2) is 0 Å². The van der Waals surface area contributed by atoms with Crippen LogP contribution in [0.4, 0.5) is 17.1 Å². The second kappa shape index (κ2) is 16.4. The molecule has 5 heteroatoms.